The number of nitrogens with one attached hydrogen (secondary N) is 1. The van der Waals surface area contributed by atoms with E-state index in [0.29, 0.717) is 15.0 Å². The van der Waals surface area contributed by atoms with Gasteiger partial charge in [-0.05, 0) is 34.1 Å². The third-order valence-corrected chi connectivity index (χ3v) is 4.38. The second-order valence-electron chi connectivity index (χ2n) is 3.36. The molecule has 1 aliphatic rings. The predicted octanol–water partition coefficient (Wildman–Crippen LogP) is 3.71. The topological polar surface area (TPSA) is 38.3 Å². The summed E-state index contributed by atoms with van der Waals surface area (Å²) in [7, 11) is 1.59. The quantitative estimate of drug-likeness (QED) is 0.598. The van der Waals surface area contributed by atoms with E-state index in [-0.39, 0.29) is 5.91 Å². The molecule has 1 N–H and O–H groups in total. The van der Waals surface area contributed by atoms with Crippen LogP contribution in [0.15, 0.2) is 26.0 Å². The molecule has 94 valence electrons. The lowest BCUT2D eigenvalue weighted by Crippen LogP contribution is -2.17. The molecule has 18 heavy (non-hydrogen) atoms. The lowest BCUT2D eigenvalue weighted by Gasteiger charge is -2.08. The number of thioether (sulfide) groups is 1. The van der Waals surface area contributed by atoms with E-state index in [4.69, 9.17) is 17.0 Å². The van der Waals surface area contributed by atoms with Crippen molar-refractivity contribution in [3.63, 3.8) is 0 Å². The molecular weight excluding hydrogens is 402 g/mol. The number of rotatable bonds is 2. The molecule has 1 saturated heterocycles. The average Bonchev–Trinajstić information content (AvgIpc) is 2.57. The van der Waals surface area contributed by atoms with Gasteiger partial charge in [0.2, 0.25) is 0 Å². The van der Waals surface area contributed by atoms with Gasteiger partial charge in [0.1, 0.15) is 10.1 Å². The van der Waals surface area contributed by atoms with Crippen LogP contribution in [0.3, 0.4) is 0 Å². The highest BCUT2D eigenvalue weighted by atomic mass is 79.9. The third-order valence-electron chi connectivity index (χ3n) is 2.17. The normalized spacial score (nSPS) is 17.2. The summed E-state index contributed by atoms with van der Waals surface area (Å²) in [5.74, 6) is 0.500. The minimum absolute atomic E-state index is 0.178. The van der Waals surface area contributed by atoms with Crippen molar-refractivity contribution in [2.75, 3.05) is 7.11 Å². The van der Waals surface area contributed by atoms with Crippen LogP contribution in [0.5, 0.6) is 5.75 Å². The summed E-state index contributed by atoms with van der Waals surface area (Å²) in [6, 6.07) is 3.76. The Morgan fingerprint density at radius 2 is 2.17 bits per heavy atom. The Balaban J connectivity index is 2.48. The summed E-state index contributed by atoms with van der Waals surface area (Å²) in [4.78, 5) is 12.2. The van der Waals surface area contributed by atoms with Crippen molar-refractivity contribution in [3.8, 4) is 5.75 Å². The Bertz CT molecular complexity index is 572. The number of halogens is 2. The standard InChI is InChI=1S/C11H7Br2NO2S2/c1-16-9-5(2-6(12)4-7(9)13)3-8-10(15)14-11(17)18-8/h2-4H,1H3,(H,14,15,17)/b8-3+. The van der Waals surface area contributed by atoms with E-state index in [1.54, 1.807) is 13.2 Å². The van der Waals surface area contributed by atoms with Crippen molar-refractivity contribution in [1.29, 1.82) is 0 Å². The molecule has 1 aliphatic heterocycles. The highest BCUT2D eigenvalue weighted by molar-refractivity contribution is 9.11. The molecule has 0 saturated carbocycles. The van der Waals surface area contributed by atoms with E-state index in [1.165, 1.54) is 11.8 Å². The lowest BCUT2D eigenvalue weighted by atomic mass is 10.2. The Labute approximate surface area is 131 Å². The van der Waals surface area contributed by atoms with Gasteiger partial charge in [0.15, 0.2) is 0 Å². The van der Waals surface area contributed by atoms with Gasteiger partial charge in [-0.2, -0.15) is 0 Å². The molecule has 1 aromatic carbocycles. The molecule has 0 bridgehead atoms. The molecule has 1 fully saturated rings. The molecule has 1 amide bonds. The zero-order chi connectivity index (χ0) is 13.3. The largest absolute Gasteiger partial charge is 0.495 e. The number of ether oxygens (including phenoxy) is 1. The molecule has 0 radical (unpaired) electrons. The van der Waals surface area contributed by atoms with E-state index < -0.39 is 0 Å². The maximum Gasteiger partial charge on any atom is 0.263 e. The van der Waals surface area contributed by atoms with Gasteiger partial charge in [0, 0.05) is 10.0 Å². The van der Waals surface area contributed by atoms with Gasteiger partial charge in [-0.1, -0.05) is 39.9 Å². The second-order valence-corrected chi connectivity index (χ2v) is 6.85. The summed E-state index contributed by atoms with van der Waals surface area (Å²) in [6.45, 7) is 0. The first-order valence-corrected chi connectivity index (χ1v) is 7.60. The highest BCUT2D eigenvalue weighted by Gasteiger charge is 2.22. The zero-order valence-electron chi connectivity index (χ0n) is 9.12. The van der Waals surface area contributed by atoms with Crippen LogP contribution in [0.1, 0.15) is 5.56 Å². The van der Waals surface area contributed by atoms with Crippen LogP contribution in [0.25, 0.3) is 6.08 Å². The third kappa shape index (κ3) is 2.96. The molecule has 0 aliphatic carbocycles. The van der Waals surface area contributed by atoms with E-state index in [0.717, 1.165) is 14.5 Å². The van der Waals surface area contributed by atoms with Crippen molar-refractivity contribution in [2.24, 2.45) is 0 Å². The van der Waals surface area contributed by atoms with Crippen molar-refractivity contribution < 1.29 is 9.53 Å². The Morgan fingerprint density at radius 3 is 2.72 bits per heavy atom. The molecule has 0 spiro atoms. The summed E-state index contributed by atoms with van der Waals surface area (Å²) < 4.78 is 7.50. The lowest BCUT2D eigenvalue weighted by molar-refractivity contribution is -0.115. The van der Waals surface area contributed by atoms with E-state index in [2.05, 4.69) is 37.2 Å². The maximum atomic E-state index is 11.6. The average molecular weight is 409 g/mol. The first kappa shape index (κ1) is 14.0. The minimum Gasteiger partial charge on any atom is -0.495 e. The molecule has 1 aromatic rings. The van der Waals surface area contributed by atoms with Gasteiger partial charge < -0.3 is 10.1 Å². The molecule has 2 rings (SSSR count). The van der Waals surface area contributed by atoms with Gasteiger partial charge in [0.05, 0.1) is 16.5 Å². The Morgan fingerprint density at radius 1 is 1.44 bits per heavy atom. The fourth-order valence-corrected chi connectivity index (χ4v) is 3.92. The van der Waals surface area contributed by atoms with Gasteiger partial charge in [-0.15, -0.1) is 0 Å². The van der Waals surface area contributed by atoms with Crippen LogP contribution in [-0.4, -0.2) is 17.3 Å². The first-order valence-electron chi connectivity index (χ1n) is 4.79. The van der Waals surface area contributed by atoms with Crippen molar-refractivity contribution in [3.05, 3.63) is 31.5 Å². The molecular formula is C11H7Br2NO2S2. The van der Waals surface area contributed by atoms with Crippen molar-refractivity contribution in [2.45, 2.75) is 0 Å². The number of amides is 1. The Hall–Kier alpha value is -0.370. The number of hydrogen-bond donors (Lipinski definition) is 1. The van der Waals surface area contributed by atoms with Crippen molar-refractivity contribution in [1.82, 2.24) is 5.32 Å². The van der Waals surface area contributed by atoms with Crippen LogP contribution in [-0.2, 0) is 4.79 Å². The number of benzene rings is 1. The van der Waals surface area contributed by atoms with E-state index in [1.807, 2.05) is 12.1 Å². The van der Waals surface area contributed by atoms with Crippen LogP contribution in [0.2, 0.25) is 0 Å². The molecule has 3 nitrogen and oxygen atoms in total. The second kappa shape index (κ2) is 5.73. The predicted molar refractivity (Wildman–Crippen MR) is 84.7 cm³/mol. The number of carbonyl (C=O) groups excluding carboxylic acids is 1. The first-order chi connectivity index (χ1) is 8.51. The summed E-state index contributed by atoms with van der Waals surface area (Å²) in [6.07, 6.45) is 1.76. The smallest absolute Gasteiger partial charge is 0.263 e. The summed E-state index contributed by atoms with van der Waals surface area (Å²) in [5.41, 5.74) is 0.807. The van der Waals surface area contributed by atoms with Gasteiger partial charge >= 0.3 is 0 Å². The summed E-state index contributed by atoms with van der Waals surface area (Å²) >= 11 is 13.0. The van der Waals surface area contributed by atoms with Gasteiger partial charge in [-0.25, -0.2) is 0 Å². The molecule has 1 heterocycles. The highest BCUT2D eigenvalue weighted by Crippen LogP contribution is 2.36. The zero-order valence-corrected chi connectivity index (χ0v) is 13.9. The minimum atomic E-state index is -0.178. The van der Waals surface area contributed by atoms with Crippen LogP contribution < -0.4 is 10.1 Å². The number of thiocarbonyl (C=S) groups is 1. The molecule has 0 aromatic heterocycles. The fourth-order valence-electron chi connectivity index (χ4n) is 1.47. The number of hydrogen-bond acceptors (Lipinski definition) is 4. The van der Waals surface area contributed by atoms with Crippen LogP contribution in [0, 0.1) is 0 Å². The number of carbonyl (C=O) groups is 1. The van der Waals surface area contributed by atoms with E-state index >= 15 is 0 Å². The van der Waals surface area contributed by atoms with E-state index in [9.17, 15) is 4.79 Å². The monoisotopic (exact) mass is 407 g/mol. The molecule has 0 atom stereocenters. The fraction of sp³-hybridized carbons (Fsp3) is 0.0909. The maximum absolute atomic E-state index is 11.6. The SMILES string of the molecule is COc1c(Br)cc(Br)cc1/C=C1/SC(=S)NC1=O. The van der Waals surface area contributed by atoms with Crippen molar-refractivity contribution >= 4 is 72.1 Å². The van der Waals surface area contributed by atoms with Gasteiger partial charge in [0.25, 0.3) is 5.91 Å². The number of methoxy groups -OCH3 is 1. The Kier molecular flexibility index (Phi) is 4.47. The van der Waals surface area contributed by atoms with Crippen LogP contribution >= 0.6 is 55.8 Å². The molecule has 0 unspecified atom stereocenters. The van der Waals surface area contributed by atoms with Crippen LogP contribution in [0.4, 0.5) is 0 Å². The van der Waals surface area contributed by atoms with Gasteiger partial charge in [-0.3, -0.25) is 4.79 Å². The molecule has 7 heteroatoms. The summed E-state index contributed by atoms with van der Waals surface area (Å²) in [5, 5.41) is 2.58.